The molecule has 5 heteroatoms. The van der Waals surface area contributed by atoms with Gasteiger partial charge in [0, 0.05) is 25.7 Å². The first-order valence-corrected chi connectivity index (χ1v) is 6.89. The molecule has 1 amide bonds. The molecule has 1 atom stereocenters. The van der Waals surface area contributed by atoms with Crippen molar-refractivity contribution < 1.29 is 9.53 Å². The summed E-state index contributed by atoms with van der Waals surface area (Å²) in [6.45, 7) is 5.37. The van der Waals surface area contributed by atoms with Crippen LogP contribution in [0.5, 0.6) is 0 Å². The number of hydrogen-bond acceptors (Lipinski definition) is 3. The maximum atomic E-state index is 12.0. The molecule has 0 aliphatic carbocycles. The molecule has 0 radical (unpaired) electrons. The molecule has 1 saturated heterocycles. The first kappa shape index (κ1) is 17.0. The van der Waals surface area contributed by atoms with Crippen LogP contribution in [0.15, 0.2) is 30.3 Å². The highest BCUT2D eigenvalue weighted by atomic mass is 35.5. The van der Waals surface area contributed by atoms with Crippen molar-refractivity contribution in [3.8, 4) is 0 Å². The van der Waals surface area contributed by atoms with Gasteiger partial charge in [0.2, 0.25) is 5.91 Å². The fourth-order valence-corrected chi connectivity index (χ4v) is 2.29. The summed E-state index contributed by atoms with van der Waals surface area (Å²) >= 11 is 0. The molecule has 1 aliphatic rings. The molecular weight excluding hydrogens is 276 g/mol. The lowest BCUT2D eigenvalue weighted by atomic mass is 10.2. The van der Waals surface area contributed by atoms with E-state index in [9.17, 15) is 4.79 Å². The summed E-state index contributed by atoms with van der Waals surface area (Å²) < 4.78 is 5.49. The molecule has 2 rings (SSSR count). The third-order valence-corrected chi connectivity index (χ3v) is 3.43. The highest BCUT2D eigenvalue weighted by Crippen LogP contribution is 2.04. The summed E-state index contributed by atoms with van der Waals surface area (Å²) in [5.74, 6) is 0.0991. The number of benzene rings is 1. The largest absolute Gasteiger partial charge is 0.371 e. The van der Waals surface area contributed by atoms with E-state index in [0.29, 0.717) is 6.61 Å². The summed E-state index contributed by atoms with van der Waals surface area (Å²) in [5, 5.41) is 3.27. The van der Waals surface area contributed by atoms with Gasteiger partial charge in [-0.1, -0.05) is 30.3 Å². The van der Waals surface area contributed by atoms with Gasteiger partial charge in [0.1, 0.15) is 6.61 Å². The van der Waals surface area contributed by atoms with Crippen molar-refractivity contribution in [2.75, 3.05) is 32.8 Å². The number of carbonyl (C=O) groups is 1. The zero-order chi connectivity index (χ0) is 13.5. The second-order valence-electron chi connectivity index (χ2n) is 4.93. The zero-order valence-corrected chi connectivity index (χ0v) is 12.7. The average molecular weight is 299 g/mol. The molecule has 0 spiro atoms. The normalized spacial score (nSPS) is 18.4. The summed E-state index contributed by atoms with van der Waals surface area (Å²) in [6.07, 6.45) is 0.852. The SMILES string of the molecule is C[C@H]1CNCCN1C(=O)COCCc1ccccc1.Cl. The van der Waals surface area contributed by atoms with Crippen LogP contribution in [-0.2, 0) is 16.0 Å². The van der Waals surface area contributed by atoms with Crippen molar-refractivity contribution in [2.24, 2.45) is 0 Å². The molecule has 1 aliphatic heterocycles. The number of amides is 1. The fraction of sp³-hybridized carbons (Fsp3) is 0.533. The molecule has 0 unspecified atom stereocenters. The van der Waals surface area contributed by atoms with Gasteiger partial charge in [-0.25, -0.2) is 0 Å². The van der Waals surface area contributed by atoms with Crippen LogP contribution in [0.2, 0.25) is 0 Å². The summed E-state index contributed by atoms with van der Waals surface area (Å²) in [4.78, 5) is 13.9. The van der Waals surface area contributed by atoms with E-state index in [-0.39, 0.29) is 31.0 Å². The Bertz CT molecular complexity index is 400. The molecule has 0 aromatic heterocycles. The third-order valence-electron chi connectivity index (χ3n) is 3.43. The summed E-state index contributed by atoms with van der Waals surface area (Å²) in [5.41, 5.74) is 1.24. The maximum Gasteiger partial charge on any atom is 0.248 e. The predicted molar refractivity (Wildman–Crippen MR) is 82.3 cm³/mol. The molecule has 1 heterocycles. The monoisotopic (exact) mass is 298 g/mol. The van der Waals surface area contributed by atoms with Gasteiger partial charge in [-0.15, -0.1) is 12.4 Å². The van der Waals surface area contributed by atoms with E-state index in [1.54, 1.807) is 0 Å². The van der Waals surface area contributed by atoms with Crippen LogP contribution in [0.4, 0.5) is 0 Å². The molecule has 0 bridgehead atoms. The highest BCUT2D eigenvalue weighted by Gasteiger charge is 2.22. The van der Waals surface area contributed by atoms with Crippen molar-refractivity contribution in [1.82, 2.24) is 10.2 Å². The minimum absolute atomic E-state index is 0. The number of halogens is 1. The number of carbonyl (C=O) groups excluding carboxylic acids is 1. The Morgan fingerprint density at radius 1 is 1.40 bits per heavy atom. The Balaban J connectivity index is 0.00000200. The molecule has 1 N–H and O–H groups in total. The van der Waals surface area contributed by atoms with Gasteiger partial charge >= 0.3 is 0 Å². The number of ether oxygens (including phenoxy) is 1. The molecule has 0 saturated carbocycles. The van der Waals surface area contributed by atoms with Crippen molar-refractivity contribution in [1.29, 1.82) is 0 Å². The number of hydrogen-bond donors (Lipinski definition) is 1. The lowest BCUT2D eigenvalue weighted by Gasteiger charge is -2.33. The minimum atomic E-state index is 0. The second kappa shape index (κ2) is 8.95. The Morgan fingerprint density at radius 2 is 2.15 bits per heavy atom. The van der Waals surface area contributed by atoms with Gasteiger partial charge in [0.05, 0.1) is 6.61 Å². The zero-order valence-electron chi connectivity index (χ0n) is 11.9. The Labute approximate surface area is 126 Å². The molecule has 1 aromatic carbocycles. The van der Waals surface area contributed by atoms with E-state index in [1.165, 1.54) is 5.56 Å². The van der Waals surface area contributed by atoms with Gasteiger partial charge in [-0.2, -0.15) is 0 Å². The lowest BCUT2D eigenvalue weighted by molar-refractivity contribution is -0.138. The maximum absolute atomic E-state index is 12.0. The summed E-state index contributed by atoms with van der Waals surface area (Å²) in [6, 6.07) is 10.4. The lowest BCUT2D eigenvalue weighted by Crippen LogP contribution is -2.53. The Morgan fingerprint density at radius 3 is 2.85 bits per heavy atom. The van der Waals surface area contributed by atoms with E-state index in [0.717, 1.165) is 26.1 Å². The molecule has 1 aromatic rings. The van der Waals surface area contributed by atoms with Crippen molar-refractivity contribution in [2.45, 2.75) is 19.4 Å². The van der Waals surface area contributed by atoms with Gasteiger partial charge in [0.25, 0.3) is 0 Å². The topological polar surface area (TPSA) is 41.6 Å². The Kier molecular flexibility index (Phi) is 7.59. The van der Waals surface area contributed by atoms with E-state index in [1.807, 2.05) is 23.1 Å². The van der Waals surface area contributed by atoms with Crippen molar-refractivity contribution in [3.63, 3.8) is 0 Å². The second-order valence-corrected chi connectivity index (χ2v) is 4.93. The van der Waals surface area contributed by atoms with Crippen molar-refractivity contribution >= 4 is 18.3 Å². The van der Waals surface area contributed by atoms with Crippen LogP contribution in [-0.4, -0.2) is 49.7 Å². The van der Waals surface area contributed by atoms with E-state index < -0.39 is 0 Å². The molecule has 1 fully saturated rings. The van der Waals surface area contributed by atoms with Crippen LogP contribution in [0, 0.1) is 0 Å². The number of nitrogens with one attached hydrogen (secondary N) is 1. The van der Waals surface area contributed by atoms with Crippen molar-refractivity contribution in [3.05, 3.63) is 35.9 Å². The predicted octanol–water partition coefficient (Wildman–Crippen LogP) is 1.49. The average Bonchev–Trinajstić information content (AvgIpc) is 2.45. The van der Waals surface area contributed by atoms with Crippen LogP contribution < -0.4 is 5.32 Å². The highest BCUT2D eigenvalue weighted by molar-refractivity contribution is 5.85. The smallest absolute Gasteiger partial charge is 0.248 e. The third kappa shape index (κ3) is 5.12. The molecule has 4 nitrogen and oxygen atoms in total. The van der Waals surface area contributed by atoms with E-state index in [2.05, 4.69) is 24.4 Å². The first-order valence-electron chi connectivity index (χ1n) is 6.89. The van der Waals surface area contributed by atoms with Crippen LogP contribution >= 0.6 is 12.4 Å². The fourth-order valence-electron chi connectivity index (χ4n) is 2.29. The van der Waals surface area contributed by atoms with Gasteiger partial charge in [-0.3, -0.25) is 4.79 Å². The molecule has 112 valence electrons. The molecule has 20 heavy (non-hydrogen) atoms. The van der Waals surface area contributed by atoms with Crippen LogP contribution in [0.1, 0.15) is 12.5 Å². The van der Waals surface area contributed by atoms with E-state index >= 15 is 0 Å². The number of rotatable bonds is 5. The first-order chi connectivity index (χ1) is 9.27. The van der Waals surface area contributed by atoms with Gasteiger partial charge in [0.15, 0.2) is 0 Å². The van der Waals surface area contributed by atoms with Crippen LogP contribution in [0.3, 0.4) is 0 Å². The Hall–Kier alpha value is -1.10. The van der Waals surface area contributed by atoms with E-state index in [4.69, 9.17) is 4.74 Å². The minimum Gasteiger partial charge on any atom is -0.371 e. The quantitative estimate of drug-likeness (QED) is 0.838. The molecular formula is C15H23ClN2O2. The van der Waals surface area contributed by atoms with Gasteiger partial charge in [-0.05, 0) is 18.9 Å². The standard InChI is InChI=1S/C15H22N2O2.ClH/c1-13-11-16-8-9-17(13)15(18)12-19-10-7-14-5-3-2-4-6-14;/h2-6,13,16H,7-12H2,1H3;1H/t13-;/m0./s1. The van der Waals surface area contributed by atoms with Gasteiger partial charge < -0.3 is 15.0 Å². The number of nitrogens with zero attached hydrogens (tertiary/aromatic N) is 1. The summed E-state index contributed by atoms with van der Waals surface area (Å²) in [7, 11) is 0. The number of piperazine rings is 1. The van der Waals surface area contributed by atoms with Crippen LogP contribution in [0.25, 0.3) is 0 Å².